The van der Waals surface area contributed by atoms with Crippen LogP contribution in [-0.2, 0) is 4.79 Å². The number of unbranched alkanes of at least 4 members (excludes halogenated alkanes) is 10. The molecule has 3 nitrogen and oxygen atoms in total. The van der Waals surface area contributed by atoms with Gasteiger partial charge in [0, 0.05) is 12.8 Å². The van der Waals surface area contributed by atoms with Gasteiger partial charge in [-0.3, -0.25) is 0 Å². The summed E-state index contributed by atoms with van der Waals surface area (Å²) in [6.45, 7) is 2.24. The van der Waals surface area contributed by atoms with Crippen LogP contribution in [-0.4, -0.2) is 22.3 Å². The van der Waals surface area contributed by atoms with Crippen LogP contribution in [0.4, 0.5) is 0 Å². The van der Waals surface area contributed by atoms with Gasteiger partial charge >= 0.3 is 5.97 Å². The molecule has 0 aliphatic carbocycles. The van der Waals surface area contributed by atoms with E-state index in [-0.39, 0.29) is 0 Å². The lowest BCUT2D eigenvalue weighted by atomic mass is 10.1. The van der Waals surface area contributed by atoms with Crippen LogP contribution in [0.2, 0.25) is 0 Å². The number of aliphatic hydroxyl groups is 1. The minimum Gasteiger partial charge on any atom is -0.479 e. The molecule has 1 atom stereocenters. The average molecular weight is 296 g/mol. The van der Waals surface area contributed by atoms with Crippen molar-refractivity contribution in [3.05, 3.63) is 0 Å². The van der Waals surface area contributed by atoms with Crippen LogP contribution >= 0.6 is 0 Å². The Hall–Kier alpha value is -1.01. The van der Waals surface area contributed by atoms with Crippen molar-refractivity contribution in [3.8, 4) is 11.8 Å². The molecule has 0 aromatic heterocycles. The second-order valence-electron chi connectivity index (χ2n) is 5.68. The van der Waals surface area contributed by atoms with Gasteiger partial charge in [-0.1, -0.05) is 58.3 Å². The number of hydrogen-bond acceptors (Lipinski definition) is 2. The summed E-state index contributed by atoms with van der Waals surface area (Å²) in [6, 6.07) is 0. The minimum atomic E-state index is -1.19. The van der Waals surface area contributed by atoms with Gasteiger partial charge in [0.1, 0.15) is 0 Å². The predicted molar refractivity (Wildman–Crippen MR) is 87.1 cm³/mol. The molecule has 0 spiro atoms. The third-order valence-corrected chi connectivity index (χ3v) is 3.59. The Balaban J connectivity index is 3.21. The number of hydrogen-bond donors (Lipinski definition) is 2. The summed E-state index contributed by atoms with van der Waals surface area (Å²) in [7, 11) is 0. The van der Waals surface area contributed by atoms with Gasteiger partial charge in [-0.25, -0.2) is 4.79 Å². The fraction of sp³-hybridized carbons (Fsp3) is 0.833. The largest absolute Gasteiger partial charge is 0.479 e. The number of carbonyl (C=O) groups is 1. The SMILES string of the molecule is CCCCCCCCC#CCCCCCCC(O)C(=O)O. The van der Waals surface area contributed by atoms with Crippen molar-refractivity contribution in [1.29, 1.82) is 0 Å². The number of aliphatic hydroxyl groups excluding tert-OH is 1. The molecule has 0 heterocycles. The maximum absolute atomic E-state index is 10.4. The smallest absolute Gasteiger partial charge is 0.332 e. The van der Waals surface area contributed by atoms with Gasteiger partial charge in [0.25, 0.3) is 0 Å². The lowest BCUT2D eigenvalue weighted by Crippen LogP contribution is -2.18. The number of carboxylic acid groups (broad SMARTS) is 1. The fourth-order valence-electron chi connectivity index (χ4n) is 2.20. The Morgan fingerprint density at radius 3 is 1.86 bits per heavy atom. The maximum Gasteiger partial charge on any atom is 0.332 e. The molecule has 21 heavy (non-hydrogen) atoms. The van der Waals surface area contributed by atoms with E-state index in [0.29, 0.717) is 6.42 Å². The highest BCUT2D eigenvalue weighted by Gasteiger charge is 2.11. The Bertz CT molecular complexity index is 301. The standard InChI is InChI=1S/C18H32O3/c1-2-3-4-5-6-7-8-9-10-11-12-13-14-15-16-17(19)18(20)21/h17,19H,2-8,11-16H2,1H3,(H,20,21). The van der Waals surface area contributed by atoms with Crippen LogP contribution in [0, 0.1) is 11.8 Å². The van der Waals surface area contributed by atoms with E-state index in [1.54, 1.807) is 0 Å². The molecule has 0 aliphatic heterocycles. The first-order valence-corrected chi connectivity index (χ1v) is 8.55. The zero-order valence-electron chi connectivity index (χ0n) is 13.6. The summed E-state index contributed by atoms with van der Waals surface area (Å²) < 4.78 is 0. The number of carboxylic acids is 1. The van der Waals surface area contributed by atoms with Crippen molar-refractivity contribution in [2.24, 2.45) is 0 Å². The second kappa shape index (κ2) is 15.4. The number of aliphatic carboxylic acids is 1. The van der Waals surface area contributed by atoms with Crippen molar-refractivity contribution >= 4 is 5.97 Å². The lowest BCUT2D eigenvalue weighted by Gasteiger charge is -2.03. The minimum absolute atomic E-state index is 0.360. The molecule has 0 aromatic carbocycles. The molecule has 0 amide bonds. The Morgan fingerprint density at radius 1 is 0.857 bits per heavy atom. The van der Waals surface area contributed by atoms with E-state index in [2.05, 4.69) is 18.8 Å². The molecule has 0 saturated heterocycles. The first-order chi connectivity index (χ1) is 10.2. The van der Waals surface area contributed by atoms with E-state index in [4.69, 9.17) is 10.2 Å². The van der Waals surface area contributed by atoms with Gasteiger partial charge in [0.05, 0.1) is 0 Å². The second-order valence-corrected chi connectivity index (χ2v) is 5.68. The Morgan fingerprint density at radius 2 is 1.33 bits per heavy atom. The van der Waals surface area contributed by atoms with Crippen molar-refractivity contribution in [2.45, 2.75) is 96.5 Å². The maximum atomic E-state index is 10.4. The van der Waals surface area contributed by atoms with Gasteiger partial charge in [0.15, 0.2) is 6.10 Å². The molecule has 0 saturated carbocycles. The molecule has 2 N–H and O–H groups in total. The number of rotatable bonds is 13. The summed E-state index contributed by atoms with van der Waals surface area (Å²) in [5.74, 6) is 5.33. The van der Waals surface area contributed by atoms with Crippen LogP contribution < -0.4 is 0 Å². The van der Waals surface area contributed by atoms with Crippen LogP contribution in [0.25, 0.3) is 0 Å². The summed E-state index contributed by atoms with van der Waals surface area (Å²) in [4.78, 5) is 10.4. The summed E-state index contributed by atoms with van der Waals surface area (Å²) in [5, 5.41) is 17.6. The predicted octanol–water partition coefficient (Wildman–Crippen LogP) is 4.53. The van der Waals surface area contributed by atoms with Crippen molar-refractivity contribution in [1.82, 2.24) is 0 Å². The topological polar surface area (TPSA) is 57.5 Å². The highest BCUT2D eigenvalue weighted by molar-refractivity contribution is 5.71. The lowest BCUT2D eigenvalue weighted by molar-refractivity contribution is -0.146. The molecule has 122 valence electrons. The van der Waals surface area contributed by atoms with E-state index in [1.807, 2.05) is 0 Å². The fourth-order valence-corrected chi connectivity index (χ4v) is 2.20. The molecule has 0 radical (unpaired) electrons. The highest BCUT2D eigenvalue weighted by Crippen LogP contribution is 2.08. The van der Waals surface area contributed by atoms with Gasteiger partial charge in [0.2, 0.25) is 0 Å². The molecule has 0 fully saturated rings. The Kier molecular flexibility index (Phi) is 14.6. The van der Waals surface area contributed by atoms with Gasteiger partial charge in [-0.2, -0.15) is 0 Å². The molecule has 1 unspecified atom stereocenters. The van der Waals surface area contributed by atoms with E-state index in [0.717, 1.165) is 38.5 Å². The van der Waals surface area contributed by atoms with E-state index in [9.17, 15) is 4.79 Å². The van der Waals surface area contributed by atoms with Crippen LogP contribution in [0.5, 0.6) is 0 Å². The van der Waals surface area contributed by atoms with Crippen LogP contribution in [0.3, 0.4) is 0 Å². The van der Waals surface area contributed by atoms with E-state index >= 15 is 0 Å². The van der Waals surface area contributed by atoms with Crippen LogP contribution in [0.1, 0.15) is 90.4 Å². The normalized spacial score (nSPS) is 11.7. The first kappa shape index (κ1) is 20.0. The molecule has 0 aromatic rings. The van der Waals surface area contributed by atoms with Gasteiger partial charge < -0.3 is 10.2 Å². The molecule has 3 heteroatoms. The van der Waals surface area contributed by atoms with E-state index < -0.39 is 12.1 Å². The molecular formula is C18H32O3. The van der Waals surface area contributed by atoms with Crippen molar-refractivity contribution < 1.29 is 15.0 Å². The summed E-state index contributed by atoms with van der Waals surface area (Å²) in [6.07, 6.45) is 12.9. The zero-order valence-corrected chi connectivity index (χ0v) is 13.6. The molecule has 0 rings (SSSR count). The average Bonchev–Trinajstić information content (AvgIpc) is 2.47. The molecular weight excluding hydrogens is 264 g/mol. The zero-order chi connectivity index (χ0) is 15.8. The quantitative estimate of drug-likeness (QED) is 0.388. The Labute approximate surface area is 130 Å². The third kappa shape index (κ3) is 15.2. The third-order valence-electron chi connectivity index (χ3n) is 3.59. The highest BCUT2D eigenvalue weighted by atomic mass is 16.4. The van der Waals surface area contributed by atoms with Gasteiger partial charge in [-0.15, -0.1) is 11.8 Å². The summed E-state index contributed by atoms with van der Waals surface area (Å²) >= 11 is 0. The first-order valence-electron chi connectivity index (χ1n) is 8.55. The van der Waals surface area contributed by atoms with Crippen molar-refractivity contribution in [3.63, 3.8) is 0 Å². The van der Waals surface area contributed by atoms with Crippen LogP contribution in [0.15, 0.2) is 0 Å². The molecule has 0 bridgehead atoms. The summed E-state index contributed by atoms with van der Waals surface area (Å²) in [5.41, 5.74) is 0. The molecule has 0 aliphatic rings. The monoisotopic (exact) mass is 296 g/mol. The van der Waals surface area contributed by atoms with Crippen molar-refractivity contribution in [2.75, 3.05) is 0 Å². The van der Waals surface area contributed by atoms with E-state index in [1.165, 1.54) is 38.5 Å². The van der Waals surface area contributed by atoms with Gasteiger partial charge in [-0.05, 0) is 19.3 Å².